The molecule has 6 nitrogen and oxygen atoms in total. The van der Waals surface area contributed by atoms with E-state index in [1.165, 1.54) is 0 Å². The largest absolute Gasteiger partial charge is 0.497 e. The highest BCUT2D eigenvalue weighted by Gasteiger charge is 2.05. The van der Waals surface area contributed by atoms with Gasteiger partial charge in [0.2, 0.25) is 0 Å². The smallest absolute Gasteiger partial charge is 0.191 e. The minimum Gasteiger partial charge on any atom is -0.497 e. The van der Waals surface area contributed by atoms with Crippen molar-refractivity contribution in [3.05, 3.63) is 24.3 Å². The van der Waals surface area contributed by atoms with Gasteiger partial charge in [-0.25, -0.2) is 0 Å². The number of guanidine groups is 1. The van der Waals surface area contributed by atoms with Gasteiger partial charge in [0.05, 0.1) is 20.3 Å². The van der Waals surface area contributed by atoms with E-state index < -0.39 is 0 Å². The van der Waals surface area contributed by atoms with Crippen molar-refractivity contribution in [1.29, 1.82) is 0 Å². The molecule has 0 heterocycles. The van der Waals surface area contributed by atoms with Crippen molar-refractivity contribution in [2.45, 2.75) is 13.0 Å². The number of rotatable bonds is 8. The Morgan fingerprint density at radius 1 is 1.14 bits per heavy atom. The summed E-state index contributed by atoms with van der Waals surface area (Å²) in [6, 6.07) is 7.53. The molecule has 6 heteroatoms. The highest BCUT2D eigenvalue weighted by molar-refractivity contribution is 5.79. The molecule has 1 rings (SSSR count). The summed E-state index contributed by atoms with van der Waals surface area (Å²) >= 11 is 0. The molecule has 0 bridgehead atoms. The zero-order valence-corrected chi connectivity index (χ0v) is 13.2. The van der Waals surface area contributed by atoms with Crippen molar-refractivity contribution >= 4 is 5.96 Å². The van der Waals surface area contributed by atoms with E-state index in [9.17, 15) is 0 Å². The average molecular weight is 295 g/mol. The van der Waals surface area contributed by atoms with E-state index in [0.717, 1.165) is 17.5 Å². The van der Waals surface area contributed by atoms with Crippen LogP contribution in [0.25, 0.3) is 0 Å². The van der Waals surface area contributed by atoms with Crippen molar-refractivity contribution in [3.8, 4) is 11.5 Å². The van der Waals surface area contributed by atoms with Gasteiger partial charge in [-0.05, 0) is 31.2 Å². The fourth-order valence-corrected chi connectivity index (χ4v) is 1.66. The van der Waals surface area contributed by atoms with Crippen LogP contribution in [0.1, 0.15) is 6.92 Å². The lowest BCUT2D eigenvalue weighted by Crippen LogP contribution is -2.42. The molecule has 118 valence electrons. The second-order valence-electron chi connectivity index (χ2n) is 4.48. The number of nitrogens with one attached hydrogen (secondary N) is 2. The van der Waals surface area contributed by atoms with Gasteiger partial charge in [0, 0.05) is 20.7 Å². The fourth-order valence-electron chi connectivity index (χ4n) is 1.66. The minimum absolute atomic E-state index is 0.0133. The zero-order valence-electron chi connectivity index (χ0n) is 13.2. The highest BCUT2D eigenvalue weighted by atomic mass is 16.5. The summed E-state index contributed by atoms with van der Waals surface area (Å²) in [6.45, 7) is 4.00. The van der Waals surface area contributed by atoms with Gasteiger partial charge in [-0.2, -0.15) is 0 Å². The molecule has 0 spiro atoms. The molecule has 0 fully saturated rings. The van der Waals surface area contributed by atoms with Crippen molar-refractivity contribution in [2.75, 3.05) is 41.0 Å². The van der Waals surface area contributed by atoms with Crippen LogP contribution in [0.5, 0.6) is 11.5 Å². The van der Waals surface area contributed by atoms with Gasteiger partial charge >= 0.3 is 0 Å². The molecule has 1 aromatic carbocycles. The van der Waals surface area contributed by atoms with Crippen molar-refractivity contribution in [3.63, 3.8) is 0 Å². The molecule has 0 aliphatic rings. The van der Waals surface area contributed by atoms with Crippen molar-refractivity contribution in [1.82, 2.24) is 10.6 Å². The summed E-state index contributed by atoms with van der Waals surface area (Å²) in [6.07, 6.45) is 0.0133. The monoisotopic (exact) mass is 295 g/mol. The van der Waals surface area contributed by atoms with Crippen LogP contribution in [0.3, 0.4) is 0 Å². The Labute approximate surface area is 126 Å². The predicted octanol–water partition coefficient (Wildman–Crippen LogP) is 1.27. The van der Waals surface area contributed by atoms with Gasteiger partial charge in [0.25, 0.3) is 0 Å². The minimum atomic E-state index is 0.0133. The van der Waals surface area contributed by atoms with Crippen LogP contribution in [0.4, 0.5) is 0 Å². The third-order valence-electron chi connectivity index (χ3n) is 2.78. The Morgan fingerprint density at radius 3 is 2.38 bits per heavy atom. The first-order chi connectivity index (χ1) is 10.2. The van der Waals surface area contributed by atoms with Crippen molar-refractivity contribution in [2.24, 2.45) is 4.99 Å². The van der Waals surface area contributed by atoms with Gasteiger partial charge in [0.1, 0.15) is 17.6 Å². The molecule has 0 saturated heterocycles. The molecule has 2 N–H and O–H groups in total. The Morgan fingerprint density at radius 2 is 1.81 bits per heavy atom. The summed E-state index contributed by atoms with van der Waals surface area (Å²) < 4.78 is 15.9. The van der Waals surface area contributed by atoms with Gasteiger partial charge in [0.15, 0.2) is 5.96 Å². The fraction of sp³-hybridized carbons (Fsp3) is 0.533. The highest BCUT2D eigenvalue weighted by Crippen LogP contribution is 2.17. The van der Waals surface area contributed by atoms with Gasteiger partial charge < -0.3 is 24.8 Å². The summed E-state index contributed by atoms with van der Waals surface area (Å²) in [7, 11) is 5.05. The van der Waals surface area contributed by atoms with E-state index >= 15 is 0 Å². The first-order valence-electron chi connectivity index (χ1n) is 6.93. The second-order valence-corrected chi connectivity index (χ2v) is 4.48. The maximum Gasteiger partial charge on any atom is 0.191 e. The van der Waals surface area contributed by atoms with E-state index in [2.05, 4.69) is 15.6 Å². The lowest BCUT2D eigenvalue weighted by atomic mass is 10.3. The van der Waals surface area contributed by atoms with E-state index in [1.54, 1.807) is 21.3 Å². The molecule has 21 heavy (non-hydrogen) atoms. The number of benzene rings is 1. The molecule has 1 aromatic rings. The van der Waals surface area contributed by atoms with Crippen molar-refractivity contribution < 1.29 is 14.2 Å². The molecular formula is C15H25N3O3. The first-order valence-corrected chi connectivity index (χ1v) is 6.93. The maximum atomic E-state index is 5.81. The Bertz CT molecular complexity index is 421. The third kappa shape index (κ3) is 6.85. The standard InChI is InChI=1S/C15H25N3O3/c1-12(11-18-15(16-2)17-9-10-19-3)21-14-7-5-13(20-4)6-8-14/h5-8,12H,9-11H2,1-4H3,(H2,16,17,18). The van der Waals surface area contributed by atoms with Crippen LogP contribution in [0, 0.1) is 0 Å². The van der Waals surface area contributed by atoms with E-state index in [1.807, 2.05) is 31.2 Å². The van der Waals surface area contributed by atoms with Crippen LogP contribution in [-0.2, 0) is 4.74 Å². The zero-order chi connectivity index (χ0) is 15.5. The SMILES string of the molecule is CN=C(NCCOC)NCC(C)Oc1ccc(OC)cc1. The molecular weight excluding hydrogens is 270 g/mol. The Kier molecular flexibility index (Phi) is 8.04. The normalized spacial score (nSPS) is 12.7. The van der Waals surface area contributed by atoms with Gasteiger partial charge in [-0.3, -0.25) is 4.99 Å². The third-order valence-corrected chi connectivity index (χ3v) is 2.78. The number of aliphatic imine (C=N–C) groups is 1. The summed E-state index contributed by atoms with van der Waals surface area (Å²) in [4.78, 5) is 4.13. The number of nitrogens with zero attached hydrogens (tertiary/aromatic N) is 1. The van der Waals surface area contributed by atoms with E-state index in [-0.39, 0.29) is 6.10 Å². The summed E-state index contributed by atoms with van der Waals surface area (Å²) in [5.74, 6) is 2.36. The molecule has 0 aliphatic heterocycles. The van der Waals surface area contributed by atoms with Crippen LogP contribution in [0.15, 0.2) is 29.3 Å². The first kappa shape index (κ1) is 17.1. The number of hydrogen-bond acceptors (Lipinski definition) is 4. The molecule has 0 radical (unpaired) electrons. The van der Waals surface area contributed by atoms with E-state index in [0.29, 0.717) is 19.7 Å². The number of ether oxygens (including phenoxy) is 3. The molecule has 0 amide bonds. The van der Waals surface area contributed by atoms with Gasteiger partial charge in [-0.1, -0.05) is 0 Å². The molecule has 0 aromatic heterocycles. The molecule has 1 unspecified atom stereocenters. The van der Waals surface area contributed by atoms with Crippen LogP contribution in [0.2, 0.25) is 0 Å². The maximum absolute atomic E-state index is 5.81. The number of hydrogen-bond donors (Lipinski definition) is 2. The van der Waals surface area contributed by atoms with Crippen LogP contribution in [-0.4, -0.2) is 53.0 Å². The van der Waals surface area contributed by atoms with Gasteiger partial charge in [-0.15, -0.1) is 0 Å². The lowest BCUT2D eigenvalue weighted by Gasteiger charge is -2.17. The topological polar surface area (TPSA) is 64.1 Å². The number of methoxy groups -OCH3 is 2. The Balaban J connectivity index is 2.33. The quantitative estimate of drug-likeness (QED) is 0.430. The Hall–Kier alpha value is -1.95. The lowest BCUT2D eigenvalue weighted by molar-refractivity contribution is 0.203. The summed E-state index contributed by atoms with van der Waals surface area (Å²) in [5.41, 5.74) is 0. The average Bonchev–Trinajstić information content (AvgIpc) is 2.51. The molecule has 0 saturated carbocycles. The van der Waals surface area contributed by atoms with Crippen LogP contribution >= 0.6 is 0 Å². The summed E-state index contributed by atoms with van der Waals surface area (Å²) in [5, 5.41) is 6.35. The van der Waals surface area contributed by atoms with Crippen LogP contribution < -0.4 is 20.1 Å². The predicted molar refractivity (Wildman–Crippen MR) is 84.3 cm³/mol. The van der Waals surface area contributed by atoms with E-state index in [4.69, 9.17) is 14.2 Å². The molecule has 1 atom stereocenters. The second kappa shape index (κ2) is 9.88. The molecule has 0 aliphatic carbocycles.